The van der Waals surface area contributed by atoms with Crippen molar-refractivity contribution < 1.29 is 14.6 Å². The van der Waals surface area contributed by atoms with Crippen molar-refractivity contribution in [1.82, 2.24) is 4.90 Å². The first-order valence-corrected chi connectivity index (χ1v) is 5.86. The van der Waals surface area contributed by atoms with Gasteiger partial charge in [-0.15, -0.1) is 12.4 Å². The number of nitrogens with two attached hydrogens (primary N) is 1. The van der Waals surface area contributed by atoms with Gasteiger partial charge in [-0.25, -0.2) is 0 Å². The Hall–Kier alpha value is -1.46. The fraction of sp³-hybridized carbons (Fsp3) is 0.462. The SMILES string of the molecule is COc1cc(CN(C)C(=O)C2(N)CC2)ccc1O.Cl. The summed E-state index contributed by atoms with van der Waals surface area (Å²) in [6, 6.07) is 5.04. The molecule has 2 rings (SSSR count). The Morgan fingerprint density at radius 2 is 2.16 bits per heavy atom. The van der Waals surface area contributed by atoms with Crippen LogP contribution in [-0.4, -0.2) is 35.6 Å². The van der Waals surface area contributed by atoms with Crippen LogP contribution in [0.1, 0.15) is 18.4 Å². The molecule has 0 saturated heterocycles. The lowest BCUT2D eigenvalue weighted by molar-refractivity contribution is -0.132. The lowest BCUT2D eigenvalue weighted by Gasteiger charge is -2.21. The number of carbonyl (C=O) groups excluding carboxylic acids is 1. The van der Waals surface area contributed by atoms with Crippen LogP contribution in [0.25, 0.3) is 0 Å². The zero-order chi connectivity index (χ0) is 13.3. The molecule has 1 aliphatic carbocycles. The second-order valence-corrected chi connectivity index (χ2v) is 4.82. The third-order valence-electron chi connectivity index (χ3n) is 3.23. The van der Waals surface area contributed by atoms with Crippen molar-refractivity contribution in [3.05, 3.63) is 23.8 Å². The summed E-state index contributed by atoms with van der Waals surface area (Å²) in [7, 11) is 3.22. The van der Waals surface area contributed by atoms with E-state index in [0.29, 0.717) is 12.3 Å². The van der Waals surface area contributed by atoms with Crippen molar-refractivity contribution in [2.75, 3.05) is 14.2 Å². The monoisotopic (exact) mass is 286 g/mol. The molecule has 1 fully saturated rings. The Morgan fingerprint density at radius 1 is 1.53 bits per heavy atom. The van der Waals surface area contributed by atoms with Gasteiger partial charge in [0, 0.05) is 13.6 Å². The number of phenolic OH excluding ortho intramolecular Hbond substituents is 1. The summed E-state index contributed by atoms with van der Waals surface area (Å²) in [5.41, 5.74) is 6.12. The van der Waals surface area contributed by atoms with Gasteiger partial charge in [0.2, 0.25) is 5.91 Å². The smallest absolute Gasteiger partial charge is 0.242 e. The molecule has 3 N–H and O–H groups in total. The highest BCUT2D eigenvalue weighted by Gasteiger charge is 2.47. The van der Waals surface area contributed by atoms with Gasteiger partial charge in [0.1, 0.15) is 0 Å². The highest BCUT2D eigenvalue weighted by molar-refractivity contribution is 5.88. The number of ether oxygens (including phenoxy) is 1. The molecule has 1 aromatic carbocycles. The summed E-state index contributed by atoms with van der Waals surface area (Å²) in [5.74, 6) is 0.462. The first-order chi connectivity index (χ1) is 8.46. The van der Waals surface area contributed by atoms with Crippen molar-refractivity contribution in [2.45, 2.75) is 24.9 Å². The standard InChI is InChI=1S/C13H18N2O3.ClH/c1-15(12(17)13(14)5-6-13)8-9-3-4-10(16)11(7-9)18-2;/h3-4,7,16H,5-6,8,14H2,1-2H3;1H. The molecular weight excluding hydrogens is 268 g/mol. The largest absolute Gasteiger partial charge is 0.504 e. The quantitative estimate of drug-likeness (QED) is 0.874. The van der Waals surface area contributed by atoms with Gasteiger partial charge in [0.25, 0.3) is 0 Å². The molecule has 0 aromatic heterocycles. The van der Waals surface area contributed by atoms with E-state index < -0.39 is 5.54 Å². The number of hydrogen-bond acceptors (Lipinski definition) is 4. The zero-order valence-corrected chi connectivity index (χ0v) is 11.9. The van der Waals surface area contributed by atoms with E-state index in [4.69, 9.17) is 10.5 Å². The molecule has 0 unspecified atom stereocenters. The molecule has 1 amide bonds. The molecule has 106 valence electrons. The Balaban J connectivity index is 0.00000180. The summed E-state index contributed by atoms with van der Waals surface area (Å²) in [4.78, 5) is 13.6. The van der Waals surface area contributed by atoms with E-state index in [-0.39, 0.29) is 24.1 Å². The highest BCUT2D eigenvalue weighted by Crippen LogP contribution is 2.34. The van der Waals surface area contributed by atoms with Gasteiger partial charge in [0.15, 0.2) is 11.5 Å². The van der Waals surface area contributed by atoms with E-state index in [0.717, 1.165) is 18.4 Å². The first-order valence-electron chi connectivity index (χ1n) is 5.86. The lowest BCUT2D eigenvalue weighted by Crippen LogP contribution is -2.43. The van der Waals surface area contributed by atoms with Crippen LogP contribution in [0.3, 0.4) is 0 Å². The highest BCUT2D eigenvalue weighted by atomic mass is 35.5. The summed E-state index contributed by atoms with van der Waals surface area (Å²) in [5, 5.41) is 9.49. The van der Waals surface area contributed by atoms with E-state index >= 15 is 0 Å². The van der Waals surface area contributed by atoms with E-state index in [1.165, 1.54) is 7.11 Å². The summed E-state index contributed by atoms with van der Waals surface area (Å²) >= 11 is 0. The second kappa shape index (κ2) is 5.67. The number of halogens is 1. The van der Waals surface area contributed by atoms with Gasteiger partial charge in [-0.3, -0.25) is 4.79 Å². The molecular formula is C13H19ClN2O3. The van der Waals surface area contributed by atoms with Gasteiger partial charge in [-0.1, -0.05) is 6.07 Å². The Kier molecular flexibility index (Phi) is 4.66. The number of nitrogens with zero attached hydrogens (tertiary/aromatic N) is 1. The average molecular weight is 287 g/mol. The fourth-order valence-corrected chi connectivity index (χ4v) is 1.89. The van der Waals surface area contributed by atoms with Crippen molar-refractivity contribution >= 4 is 18.3 Å². The van der Waals surface area contributed by atoms with Crippen LogP contribution in [0, 0.1) is 0 Å². The normalized spacial score (nSPS) is 15.3. The molecule has 19 heavy (non-hydrogen) atoms. The number of phenols is 1. The first kappa shape index (κ1) is 15.6. The van der Waals surface area contributed by atoms with Crippen molar-refractivity contribution in [3.8, 4) is 11.5 Å². The predicted octanol–water partition coefficient (Wildman–Crippen LogP) is 1.27. The number of carbonyl (C=O) groups is 1. The molecule has 0 radical (unpaired) electrons. The third-order valence-corrected chi connectivity index (χ3v) is 3.23. The maximum atomic E-state index is 12.0. The Labute approximate surface area is 118 Å². The second-order valence-electron chi connectivity index (χ2n) is 4.82. The molecule has 0 aliphatic heterocycles. The number of aromatic hydroxyl groups is 1. The molecule has 0 spiro atoms. The third kappa shape index (κ3) is 3.30. The molecule has 0 heterocycles. The number of methoxy groups -OCH3 is 1. The van der Waals surface area contributed by atoms with E-state index in [1.807, 2.05) is 0 Å². The molecule has 0 atom stereocenters. The van der Waals surface area contributed by atoms with Crippen molar-refractivity contribution in [1.29, 1.82) is 0 Å². The van der Waals surface area contributed by atoms with E-state index in [2.05, 4.69) is 0 Å². The minimum atomic E-state index is -0.643. The molecule has 6 heteroatoms. The van der Waals surface area contributed by atoms with E-state index in [1.54, 1.807) is 30.1 Å². The van der Waals surface area contributed by atoms with Gasteiger partial charge >= 0.3 is 0 Å². The molecule has 1 aliphatic rings. The van der Waals surface area contributed by atoms with Gasteiger partial charge < -0.3 is 20.5 Å². The number of amides is 1. The van der Waals surface area contributed by atoms with Gasteiger partial charge in [0.05, 0.1) is 12.6 Å². The van der Waals surface area contributed by atoms with Crippen LogP contribution in [0.5, 0.6) is 11.5 Å². The summed E-state index contributed by atoms with van der Waals surface area (Å²) in [6.45, 7) is 0.453. The Bertz CT molecular complexity index is 475. The van der Waals surface area contributed by atoms with Crippen LogP contribution in [0.15, 0.2) is 18.2 Å². The van der Waals surface area contributed by atoms with Crippen molar-refractivity contribution in [3.63, 3.8) is 0 Å². The summed E-state index contributed by atoms with van der Waals surface area (Å²) < 4.78 is 5.03. The average Bonchev–Trinajstić information content (AvgIpc) is 3.10. The van der Waals surface area contributed by atoms with Crippen LogP contribution in [0.2, 0.25) is 0 Å². The Morgan fingerprint density at radius 3 is 2.68 bits per heavy atom. The maximum Gasteiger partial charge on any atom is 0.242 e. The van der Waals surface area contributed by atoms with Crippen LogP contribution < -0.4 is 10.5 Å². The van der Waals surface area contributed by atoms with Gasteiger partial charge in [-0.2, -0.15) is 0 Å². The number of hydrogen-bond donors (Lipinski definition) is 2. The van der Waals surface area contributed by atoms with Gasteiger partial charge in [-0.05, 0) is 30.5 Å². The van der Waals surface area contributed by atoms with Crippen molar-refractivity contribution in [2.24, 2.45) is 5.73 Å². The fourth-order valence-electron chi connectivity index (χ4n) is 1.89. The molecule has 5 nitrogen and oxygen atoms in total. The molecule has 0 bridgehead atoms. The molecule has 1 saturated carbocycles. The van der Waals surface area contributed by atoms with Crippen LogP contribution in [-0.2, 0) is 11.3 Å². The number of rotatable bonds is 4. The number of likely N-dealkylation sites (N-methyl/N-ethyl adjacent to an activating group) is 1. The molecule has 1 aromatic rings. The number of benzene rings is 1. The lowest BCUT2D eigenvalue weighted by atomic mass is 10.1. The van der Waals surface area contributed by atoms with Crippen LogP contribution in [0.4, 0.5) is 0 Å². The van der Waals surface area contributed by atoms with E-state index in [9.17, 15) is 9.90 Å². The predicted molar refractivity (Wildman–Crippen MR) is 74.5 cm³/mol. The minimum absolute atomic E-state index is 0. The van der Waals surface area contributed by atoms with Crippen LogP contribution >= 0.6 is 12.4 Å². The topological polar surface area (TPSA) is 75.8 Å². The zero-order valence-electron chi connectivity index (χ0n) is 11.0. The maximum absolute atomic E-state index is 12.0. The minimum Gasteiger partial charge on any atom is -0.504 e. The summed E-state index contributed by atoms with van der Waals surface area (Å²) in [6.07, 6.45) is 1.52.